The summed E-state index contributed by atoms with van der Waals surface area (Å²) in [6, 6.07) is 0. The molecule has 6 nitrogen and oxygen atoms in total. The van der Waals surface area contributed by atoms with Crippen LogP contribution in [0.4, 0.5) is 0 Å². The Hall–Kier alpha value is -2.32. The van der Waals surface area contributed by atoms with Crippen LogP contribution in [0.1, 0.15) is 47.6 Å². The second kappa shape index (κ2) is 7.63. The predicted molar refractivity (Wildman–Crippen MR) is 130 cm³/mol. The Morgan fingerprint density at radius 3 is 1.69 bits per heavy atom. The quantitative estimate of drug-likeness (QED) is 0.454. The van der Waals surface area contributed by atoms with Crippen LogP contribution in [-0.2, 0) is 38.8 Å². The summed E-state index contributed by atoms with van der Waals surface area (Å²) >= 11 is 3.34. The highest BCUT2D eigenvalue weighted by molar-refractivity contribution is 7.19. The van der Waals surface area contributed by atoms with Crippen molar-refractivity contribution in [2.75, 3.05) is 0 Å². The maximum absolute atomic E-state index is 13.3. The molecule has 0 aromatic carbocycles. The molecule has 0 bridgehead atoms. The van der Waals surface area contributed by atoms with Crippen molar-refractivity contribution in [3.63, 3.8) is 0 Å². The normalized spacial score (nSPS) is 20.6. The molecule has 4 aromatic rings. The fourth-order valence-corrected chi connectivity index (χ4v) is 7.95. The van der Waals surface area contributed by atoms with E-state index in [9.17, 15) is 9.59 Å². The minimum Gasteiger partial charge on any atom is -0.297 e. The third kappa shape index (κ3) is 3.18. The van der Waals surface area contributed by atoms with Gasteiger partial charge in [0.2, 0.25) is 0 Å². The van der Waals surface area contributed by atoms with E-state index in [1.807, 2.05) is 0 Å². The van der Waals surface area contributed by atoms with Gasteiger partial charge in [-0.15, -0.1) is 22.7 Å². The topological polar surface area (TPSA) is 69.8 Å². The Morgan fingerprint density at radius 1 is 0.812 bits per heavy atom. The maximum Gasteiger partial charge on any atom is 0.262 e. The van der Waals surface area contributed by atoms with Crippen molar-refractivity contribution >= 4 is 43.1 Å². The smallest absolute Gasteiger partial charge is 0.262 e. The molecule has 0 fully saturated rings. The molecule has 0 spiro atoms. The molecule has 0 radical (unpaired) electrons. The average Bonchev–Trinajstić information content (AvgIpc) is 3.32. The van der Waals surface area contributed by atoms with E-state index in [4.69, 9.17) is 0 Å². The van der Waals surface area contributed by atoms with Gasteiger partial charge in [0.1, 0.15) is 9.66 Å². The number of thiophene rings is 2. The van der Waals surface area contributed by atoms with Gasteiger partial charge in [-0.25, -0.2) is 9.97 Å². The zero-order valence-corrected chi connectivity index (χ0v) is 20.0. The fourth-order valence-electron chi connectivity index (χ4n) is 5.27. The van der Waals surface area contributed by atoms with Gasteiger partial charge in [-0.1, -0.05) is 13.8 Å². The molecule has 2 aliphatic carbocycles. The first-order valence-corrected chi connectivity index (χ1v) is 13.1. The van der Waals surface area contributed by atoms with Gasteiger partial charge in [0.15, 0.2) is 0 Å². The fraction of sp³-hybridized carbons (Fsp3) is 0.500. The molecule has 2 atom stereocenters. The third-order valence-electron chi connectivity index (χ3n) is 7.15. The van der Waals surface area contributed by atoms with Crippen LogP contribution in [0.25, 0.3) is 20.4 Å². The van der Waals surface area contributed by atoms with Gasteiger partial charge in [-0.2, -0.15) is 0 Å². The third-order valence-corrected chi connectivity index (χ3v) is 9.47. The van der Waals surface area contributed by atoms with Crippen LogP contribution >= 0.6 is 22.7 Å². The van der Waals surface area contributed by atoms with E-state index in [0.29, 0.717) is 24.9 Å². The highest BCUT2D eigenvalue weighted by atomic mass is 32.1. The average molecular weight is 467 g/mol. The lowest BCUT2D eigenvalue weighted by atomic mass is 9.89. The SMILES string of the molecule is C[C@@H]1CCc2c(sc3ncn(CCn4cnc5sc6c(c5c4=O)CC[C@@H](C)C6)c(=O)c23)C1. The first-order chi connectivity index (χ1) is 15.5. The van der Waals surface area contributed by atoms with Crippen LogP contribution in [-0.4, -0.2) is 19.1 Å². The zero-order chi connectivity index (χ0) is 22.0. The van der Waals surface area contributed by atoms with E-state index >= 15 is 0 Å². The van der Waals surface area contributed by atoms with Crippen LogP contribution in [0.2, 0.25) is 0 Å². The number of hydrogen-bond donors (Lipinski definition) is 0. The summed E-state index contributed by atoms with van der Waals surface area (Å²) < 4.78 is 3.32. The molecule has 0 unspecified atom stereocenters. The van der Waals surface area contributed by atoms with E-state index in [2.05, 4.69) is 23.8 Å². The molecule has 4 heterocycles. The van der Waals surface area contributed by atoms with Crippen LogP contribution in [0.3, 0.4) is 0 Å². The molecule has 4 aromatic heterocycles. The summed E-state index contributed by atoms with van der Waals surface area (Å²) in [5, 5.41) is 1.59. The van der Waals surface area contributed by atoms with Crippen molar-refractivity contribution in [1.29, 1.82) is 0 Å². The molecule has 8 heteroatoms. The number of hydrogen-bond acceptors (Lipinski definition) is 6. The molecular formula is C24H26N4O2S2. The highest BCUT2D eigenvalue weighted by Crippen LogP contribution is 2.36. The van der Waals surface area contributed by atoms with Crippen molar-refractivity contribution in [1.82, 2.24) is 19.1 Å². The molecular weight excluding hydrogens is 440 g/mol. The van der Waals surface area contributed by atoms with Crippen LogP contribution in [0.15, 0.2) is 22.2 Å². The van der Waals surface area contributed by atoms with Crippen LogP contribution in [0, 0.1) is 11.8 Å². The standard InChI is InChI=1S/C24H26N4O2S2/c1-13-3-5-15-17(9-13)31-21-19(15)23(29)27(11-25-21)7-8-28-12-26-22-20(24(28)30)16-6-4-14(2)10-18(16)32-22/h11-14H,3-10H2,1-2H3/t13-,14-/m1/s1. The number of fused-ring (bicyclic) bond motifs is 6. The zero-order valence-electron chi connectivity index (χ0n) is 18.4. The largest absolute Gasteiger partial charge is 0.297 e. The van der Waals surface area contributed by atoms with Crippen molar-refractivity contribution in [3.05, 3.63) is 54.2 Å². The van der Waals surface area contributed by atoms with Crippen molar-refractivity contribution in [2.45, 2.75) is 65.5 Å². The number of aryl methyl sites for hydroxylation is 4. The Kier molecular flexibility index (Phi) is 4.84. The Labute approximate surface area is 193 Å². The maximum atomic E-state index is 13.3. The number of aromatic nitrogens is 4. The van der Waals surface area contributed by atoms with Gasteiger partial charge in [0.25, 0.3) is 11.1 Å². The summed E-state index contributed by atoms with van der Waals surface area (Å²) in [7, 11) is 0. The lowest BCUT2D eigenvalue weighted by molar-refractivity contribution is 0.508. The Morgan fingerprint density at radius 2 is 1.25 bits per heavy atom. The van der Waals surface area contributed by atoms with Crippen molar-refractivity contribution < 1.29 is 0 Å². The van der Waals surface area contributed by atoms with Gasteiger partial charge in [0.05, 0.1) is 23.4 Å². The number of rotatable bonds is 3. The Bertz CT molecular complexity index is 1360. The second-order valence-corrected chi connectivity index (χ2v) is 11.7. The first kappa shape index (κ1) is 20.3. The van der Waals surface area contributed by atoms with Crippen LogP contribution < -0.4 is 11.1 Å². The Balaban J connectivity index is 1.33. The minimum absolute atomic E-state index is 0.0195. The van der Waals surface area contributed by atoms with Gasteiger partial charge < -0.3 is 0 Å². The minimum atomic E-state index is 0.0195. The van der Waals surface area contributed by atoms with Crippen molar-refractivity contribution in [2.24, 2.45) is 11.8 Å². The van der Waals surface area contributed by atoms with Gasteiger partial charge in [-0.05, 0) is 61.5 Å². The van der Waals surface area contributed by atoms with E-state index in [1.54, 1.807) is 44.5 Å². The summed E-state index contributed by atoms with van der Waals surface area (Å²) in [5.41, 5.74) is 2.45. The first-order valence-electron chi connectivity index (χ1n) is 11.5. The van der Waals surface area contributed by atoms with Crippen LogP contribution in [0.5, 0.6) is 0 Å². The molecule has 166 valence electrons. The summed E-state index contributed by atoms with van der Waals surface area (Å²) in [6.45, 7) is 5.37. The highest BCUT2D eigenvalue weighted by Gasteiger charge is 2.24. The lowest BCUT2D eigenvalue weighted by Crippen LogP contribution is -2.28. The monoisotopic (exact) mass is 466 g/mol. The second-order valence-electron chi connectivity index (χ2n) is 9.55. The van der Waals surface area contributed by atoms with E-state index in [1.165, 1.54) is 20.9 Å². The van der Waals surface area contributed by atoms with Gasteiger partial charge in [-0.3, -0.25) is 18.7 Å². The molecule has 0 aliphatic heterocycles. The molecule has 6 rings (SSSR count). The van der Waals surface area contributed by atoms with E-state index in [-0.39, 0.29) is 11.1 Å². The number of nitrogens with zero attached hydrogens (tertiary/aromatic N) is 4. The molecule has 0 N–H and O–H groups in total. The van der Waals surface area contributed by atoms with Gasteiger partial charge >= 0.3 is 0 Å². The summed E-state index contributed by atoms with van der Waals surface area (Å²) in [5.74, 6) is 1.33. The molecule has 2 aliphatic rings. The molecule has 32 heavy (non-hydrogen) atoms. The molecule has 0 amide bonds. The molecule has 0 saturated carbocycles. The summed E-state index contributed by atoms with van der Waals surface area (Å²) in [4.78, 5) is 40.1. The lowest BCUT2D eigenvalue weighted by Gasteiger charge is -2.17. The van der Waals surface area contributed by atoms with Crippen molar-refractivity contribution in [3.8, 4) is 0 Å². The predicted octanol–water partition coefficient (Wildman–Crippen LogP) is 4.18. The molecule has 0 saturated heterocycles. The summed E-state index contributed by atoms with van der Waals surface area (Å²) in [6.07, 6.45) is 9.53. The van der Waals surface area contributed by atoms with E-state index in [0.717, 1.165) is 59.0 Å². The van der Waals surface area contributed by atoms with Gasteiger partial charge in [0, 0.05) is 22.8 Å². The van der Waals surface area contributed by atoms with E-state index < -0.39 is 0 Å².